The topological polar surface area (TPSA) is 52.3 Å². The van der Waals surface area contributed by atoms with E-state index in [4.69, 9.17) is 9.15 Å². The van der Waals surface area contributed by atoms with Crippen LogP contribution in [0.25, 0.3) is 11.3 Å². The molecule has 0 radical (unpaired) electrons. The SMILES string of the molecule is CC(C)(C)OC(=O)C[C@@H](CCCC1CCCCC1)c1ncc(-c2ccccc2)o1. The van der Waals surface area contributed by atoms with Crippen molar-refractivity contribution >= 4 is 5.97 Å². The summed E-state index contributed by atoms with van der Waals surface area (Å²) in [6.45, 7) is 5.71. The summed E-state index contributed by atoms with van der Waals surface area (Å²) in [5.41, 5.74) is 0.527. The lowest BCUT2D eigenvalue weighted by Crippen LogP contribution is -2.25. The summed E-state index contributed by atoms with van der Waals surface area (Å²) < 4.78 is 11.7. The maximum absolute atomic E-state index is 12.5. The van der Waals surface area contributed by atoms with E-state index < -0.39 is 5.60 Å². The molecule has 4 heteroatoms. The lowest BCUT2D eigenvalue weighted by molar-refractivity contribution is -0.155. The van der Waals surface area contributed by atoms with Crippen LogP contribution in [0.4, 0.5) is 0 Å². The second-order valence-corrected chi connectivity index (χ2v) is 9.35. The highest BCUT2D eigenvalue weighted by Crippen LogP contribution is 2.33. The molecule has 29 heavy (non-hydrogen) atoms. The molecule has 0 amide bonds. The Labute approximate surface area is 175 Å². The minimum Gasteiger partial charge on any atom is -0.460 e. The normalized spacial score (nSPS) is 16.5. The molecule has 158 valence electrons. The van der Waals surface area contributed by atoms with Gasteiger partial charge in [0.2, 0.25) is 0 Å². The van der Waals surface area contributed by atoms with E-state index in [2.05, 4.69) is 4.98 Å². The highest BCUT2D eigenvalue weighted by atomic mass is 16.6. The molecule has 1 fully saturated rings. The number of rotatable bonds is 8. The molecule has 1 aromatic carbocycles. The number of aromatic nitrogens is 1. The summed E-state index contributed by atoms with van der Waals surface area (Å²) in [4.78, 5) is 17.0. The van der Waals surface area contributed by atoms with Gasteiger partial charge in [0.05, 0.1) is 12.6 Å². The van der Waals surface area contributed by atoms with Crippen molar-refractivity contribution in [1.29, 1.82) is 0 Å². The zero-order valence-electron chi connectivity index (χ0n) is 18.2. The van der Waals surface area contributed by atoms with Crippen LogP contribution in [0.5, 0.6) is 0 Å². The zero-order valence-corrected chi connectivity index (χ0v) is 18.2. The van der Waals surface area contributed by atoms with Gasteiger partial charge < -0.3 is 9.15 Å². The van der Waals surface area contributed by atoms with E-state index in [-0.39, 0.29) is 11.9 Å². The molecule has 0 unspecified atom stereocenters. The summed E-state index contributed by atoms with van der Waals surface area (Å²) in [5, 5.41) is 0. The number of benzene rings is 1. The Morgan fingerprint density at radius 3 is 2.59 bits per heavy atom. The van der Waals surface area contributed by atoms with Crippen LogP contribution in [0.3, 0.4) is 0 Å². The molecular weight excluding hydrogens is 362 g/mol. The van der Waals surface area contributed by atoms with E-state index in [1.165, 1.54) is 38.5 Å². The van der Waals surface area contributed by atoms with E-state index in [0.717, 1.165) is 30.1 Å². The first-order chi connectivity index (χ1) is 13.9. The van der Waals surface area contributed by atoms with Gasteiger partial charge in [-0.05, 0) is 33.1 Å². The van der Waals surface area contributed by atoms with Crippen LogP contribution in [-0.2, 0) is 9.53 Å². The summed E-state index contributed by atoms with van der Waals surface area (Å²) in [6.07, 6.45) is 12.2. The minimum absolute atomic E-state index is 0.0362. The second kappa shape index (κ2) is 10.1. The lowest BCUT2D eigenvalue weighted by Gasteiger charge is -2.23. The van der Waals surface area contributed by atoms with E-state index in [0.29, 0.717) is 12.3 Å². The molecule has 2 aromatic rings. The monoisotopic (exact) mass is 397 g/mol. The first-order valence-corrected chi connectivity index (χ1v) is 11.1. The Kier molecular flexibility index (Phi) is 7.51. The van der Waals surface area contributed by atoms with Crippen LogP contribution >= 0.6 is 0 Å². The van der Waals surface area contributed by atoms with Crippen LogP contribution < -0.4 is 0 Å². The van der Waals surface area contributed by atoms with E-state index in [1.807, 2.05) is 51.1 Å². The second-order valence-electron chi connectivity index (χ2n) is 9.35. The fourth-order valence-corrected chi connectivity index (χ4v) is 4.24. The van der Waals surface area contributed by atoms with Gasteiger partial charge in [-0.15, -0.1) is 0 Å². The number of carbonyl (C=O) groups excluding carboxylic acids is 1. The van der Waals surface area contributed by atoms with Gasteiger partial charge in [-0.1, -0.05) is 75.3 Å². The van der Waals surface area contributed by atoms with Gasteiger partial charge in [-0.25, -0.2) is 4.98 Å². The number of esters is 1. The standard InChI is InChI=1S/C25H35NO3/c1-25(2,3)29-23(27)17-21(16-10-13-19-11-6-4-7-12-19)24-26-18-22(28-24)20-14-8-5-9-15-20/h5,8-9,14-15,18-19,21H,4,6-7,10-13,16-17H2,1-3H3/t21-/m1/s1. The van der Waals surface area contributed by atoms with E-state index in [9.17, 15) is 4.79 Å². The van der Waals surface area contributed by atoms with Crippen LogP contribution in [0.1, 0.15) is 90.4 Å². The van der Waals surface area contributed by atoms with Crippen molar-refractivity contribution in [3.05, 3.63) is 42.4 Å². The third-order valence-corrected chi connectivity index (χ3v) is 5.65. The maximum atomic E-state index is 12.5. The molecule has 0 N–H and O–H groups in total. The van der Waals surface area contributed by atoms with Crippen LogP contribution in [0.15, 0.2) is 40.9 Å². The molecule has 4 nitrogen and oxygen atoms in total. The smallest absolute Gasteiger partial charge is 0.307 e. The van der Waals surface area contributed by atoms with Crippen molar-refractivity contribution in [3.8, 4) is 11.3 Å². The summed E-state index contributed by atoms with van der Waals surface area (Å²) in [6, 6.07) is 9.98. The minimum atomic E-state index is -0.477. The third-order valence-electron chi connectivity index (χ3n) is 5.65. The molecule has 3 rings (SSSR count). The molecule has 1 saturated carbocycles. The summed E-state index contributed by atoms with van der Waals surface area (Å²) in [5.74, 6) is 2.03. The third kappa shape index (κ3) is 7.02. The number of oxazole rings is 1. The Morgan fingerprint density at radius 1 is 1.17 bits per heavy atom. The molecule has 1 aromatic heterocycles. The highest BCUT2D eigenvalue weighted by Gasteiger charge is 2.25. The number of ether oxygens (including phenoxy) is 1. The number of hydrogen-bond donors (Lipinski definition) is 0. The first-order valence-electron chi connectivity index (χ1n) is 11.1. The van der Waals surface area contributed by atoms with Crippen molar-refractivity contribution in [1.82, 2.24) is 4.98 Å². The van der Waals surface area contributed by atoms with E-state index >= 15 is 0 Å². The first kappa shape index (κ1) is 21.6. The van der Waals surface area contributed by atoms with Crippen molar-refractivity contribution < 1.29 is 13.9 Å². The lowest BCUT2D eigenvalue weighted by atomic mass is 9.84. The fourth-order valence-electron chi connectivity index (χ4n) is 4.24. The Bertz CT molecular complexity index is 754. The predicted molar refractivity (Wildman–Crippen MR) is 116 cm³/mol. The molecule has 0 saturated heterocycles. The highest BCUT2D eigenvalue weighted by molar-refractivity contribution is 5.70. The van der Waals surface area contributed by atoms with Crippen molar-refractivity contribution in [2.45, 2.75) is 90.1 Å². The van der Waals surface area contributed by atoms with Gasteiger partial charge in [0, 0.05) is 11.5 Å². The summed E-state index contributed by atoms with van der Waals surface area (Å²) >= 11 is 0. The molecule has 1 aliphatic rings. The number of carbonyl (C=O) groups is 1. The Hall–Kier alpha value is -2.10. The predicted octanol–water partition coefficient (Wildman–Crippen LogP) is 6.91. The average molecular weight is 398 g/mol. The van der Waals surface area contributed by atoms with Gasteiger partial charge in [-0.3, -0.25) is 4.79 Å². The molecule has 0 spiro atoms. The maximum Gasteiger partial charge on any atom is 0.307 e. The molecule has 0 aliphatic heterocycles. The Balaban J connectivity index is 1.66. The van der Waals surface area contributed by atoms with E-state index in [1.54, 1.807) is 6.20 Å². The summed E-state index contributed by atoms with van der Waals surface area (Å²) in [7, 11) is 0. The van der Waals surface area contributed by atoms with Gasteiger partial charge >= 0.3 is 5.97 Å². The number of hydrogen-bond acceptors (Lipinski definition) is 4. The van der Waals surface area contributed by atoms with Crippen molar-refractivity contribution in [2.24, 2.45) is 5.92 Å². The molecule has 1 heterocycles. The molecular formula is C25H35NO3. The fraction of sp³-hybridized carbons (Fsp3) is 0.600. The van der Waals surface area contributed by atoms with Gasteiger partial charge in [-0.2, -0.15) is 0 Å². The molecule has 0 bridgehead atoms. The Morgan fingerprint density at radius 2 is 1.90 bits per heavy atom. The van der Waals surface area contributed by atoms with Crippen molar-refractivity contribution in [3.63, 3.8) is 0 Å². The molecule has 1 aliphatic carbocycles. The van der Waals surface area contributed by atoms with Crippen LogP contribution in [0, 0.1) is 5.92 Å². The largest absolute Gasteiger partial charge is 0.460 e. The quantitative estimate of drug-likeness (QED) is 0.454. The number of nitrogens with zero attached hydrogens (tertiary/aromatic N) is 1. The zero-order chi connectivity index (χ0) is 20.7. The van der Waals surface area contributed by atoms with Gasteiger partial charge in [0.15, 0.2) is 11.7 Å². The molecule has 1 atom stereocenters. The van der Waals surface area contributed by atoms with Crippen LogP contribution in [-0.4, -0.2) is 16.6 Å². The van der Waals surface area contributed by atoms with Crippen molar-refractivity contribution in [2.75, 3.05) is 0 Å². The average Bonchev–Trinajstić information content (AvgIpc) is 3.17. The van der Waals surface area contributed by atoms with Crippen LogP contribution in [0.2, 0.25) is 0 Å². The van der Waals surface area contributed by atoms with Gasteiger partial charge in [0.1, 0.15) is 5.60 Å². The van der Waals surface area contributed by atoms with Gasteiger partial charge in [0.25, 0.3) is 0 Å².